The first-order chi connectivity index (χ1) is 5.92. The Balaban J connectivity index is 2.27. The van der Waals surface area contributed by atoms with E-state index in [0.717, 1.165) is 18.5 Å². The third-order valence-corrected chi connectivity index (χ3v) is 2.25. The summed E-state index contributed by atoms with van der Waals surface area (Å²) in [5.74, 6) is 0. The molecule has 1 fully saturated rings. The van der Waals surface area contributed by atoms with Crippen LogP contribution in [0.1, 0.15) is 30.0 Å². The van der Waals surface area contributed by atoms with Crippen LogP contribution in [-0.4, -0.2) is 6.54 Å². The van der Waals surface area contributed by atoms with E-state index in [9.17, 15) is 0 Å². The lowest BCUT2D eigenvalue weighted by atomic mass is 10.1. The van der Waals surface area contributed by atoms with E-state index in [-0.39, 0.29) is 0 Å². The van der Waals surface area contributed by atoms with Crippen LogP contribution in [0, 0.1) is 11.3 Å². The van der Waals surface area contributed by atoms with Gasteiger partial charge in [0.25, 0.3) is 0 Å². The fourth-order valence-corrected chi connectivity index (χ4v) is 1.62. The van der Waals surface area contributed by atoms with Crippen molar-refractivity contribution in [2.24, 2.45) is 0 Å². The van der Waals surface area contributed by atoms with E-state index in [4.69, 9.17) is 9.68 Å². The van der Waals surface area contributed by atoms with Crippen LogP contribution in [0.15, 0.2) is 16.9 Å². The summed E-state index contributed by atoms with van der Waals surface area (Å²) in [6, 6.07) is 2.45. The van der Waals surface area contributed by atoms with Crippen molar-refractivity contribution in [1.82, 2.24) is 5.32 Å². The van der Waals surface area contributed by atoms with E-state index in [1.54, 1.807) is 6.26 Å². The summed E-state index contributed by atoms with van der Waals surface area (Å²) in [7, 11) is 0. The summed E-state index contributed by atoms with van der Waals surface area (Å²) in [4.78, 5) is 0. The number of nitriles is 1. The number of hydrogen-bond donors (Lipinski definition) is 1. The van der Waals surface area contributed by atoms with Crippen molar-refractivity contribution in [3.05, 3.63) is 23.7 Å². The molecule has 0 aromatic carbocycles. The van der Waals surface area contributed by atoms with Gasteiger partial charge in [0, 0.05) is 11.6 Å². The van der Waals surface area contributed by atoms with Gasteiger partial charge in [-0.2, -0.15) is 5.26 Å². The van der Waals surface area contributed by atoms with E-state index in [1.165, 1.54) is 12.7 Å². The highest BCUT2D eigenvalue weighted by Gasteiger charge is 2.20. The average molecular weight is 162 g/mol. The standard InChI is InChI=1S/C9H10N2O/c10-4-7-5-12-6-8(7)9-2-1-3-11-9/h5-6,9,11H,1-3H2/t9-/m0/s1. The normalized spacial score (nSPS) is 22.4. The minimum atomic E-state index is 0.332. The van der Waals surface area contributed by atoms with Gasteiger partial charge in [0.1, 0.15) is 12.3 Å². The Kier molecular flexibility index (Phi) is 1.84. The molecule has 2 rings (SSSR count). The Morgan fingerprint density at radius 3 is 3.17 bits per heavy atom. The number of rotatable bonds is 1. The van der Waals surface area contributed by atoms with Gasteiger partial charge in [-0.3, -0.25) is 0 Å². The predicted octanol–water partition coefficient (Wildman–Crippen LogP) is 1.58. The van der Waals surface area contributed by atoms with E-state index < -0.39 is 0 Å². The summed E-state index contributed by atoms with van der Waals surface area (Å²) in [5.41, 5.74) is 1.67. The average Bonchev–Trinajstić information content (AvgIpc) is 2.74. The fraction of sp³-hybridized carbons (Fsp3) is 0.444. The highest BCUT2D eigenvalue weighted by molar-refractivity contribution is 5.35. The molecule has 3 heteroatoms. The van der Waals surface area contributed by atoms with Gasteiger partial charge in [0.05, 0.1) is 11.8 Å². The van der Waals surface area contributed by atoms with Gasteiger partial charge in [-0.05, 0) is 19.4 Å². The largest absolute Gasteiger partial charge is 0.471 e. The van der Waals surface area contributed by atoms with E-state index in [0.29, 0.717) is 11.6 Å². The summed E-state index contributed by atoms with van der Waals surface area (Å²) in [6.07, 6.45) is 5.46. The van der Waals surface area contributed by atoms with Gasteiger partial charge in [-0.15, -0.1) is 0 Å². The maximum Gasteiger partial charge on any atom is 0.108 e. The summed E-state index contributed by atoms with van der Waals surface area (Å²) in [6.45, 7) is 1.04. The SMILES string of the molecule is N#Cc1cocc1[C@@H]1CCCN1. The first-order valence-corrected chi connectivity index (χ1v) is 4.11. The summed E-state index contributed by atoms with van der Waals surface area (Å²) >= 11 is 0. The topological polar surface area (TPSA) is 49.0 Å². The third-order valence-electron chi connectivity index (χ3n) is 2.25. The number of nitrogens with zero attached hydrogens (tertiary/aromatic N) is 1. The lowest BCUT2D eigenvalue weighted by Gasteiger charge is -2.06. The van der Waals surface area contributed by atoms with Crippen molar-refractivity contribution in [2.75, 3.05) is 6.54 Å². The molecule has 12 heavy (non-hydrogen) atoms. The molecule has 3 nitrogen and oxygen atoms in total. The lowest BCUT2D eigenvalue weighted by Crippen LogP contribution is -2.12. The molecular formula is C9H10N2O. The minimum Gasteiger partial charge on any atom is -0.471 e. The van der Waals surface area contributed by atoms with E-state index in [1.807, 2.05) is 0 Å². The molecule has 0 amide bonds. The Morgan fingerprint density at radius 1 is 1.58 bits per heavy atom. The van der Waals surface area contributed by atoms with Crippen LogP contribution in [0.25, 0.3) is 0 Å². The van der Waals surface area contributed by atoms with Gasteiger partial charge in [-0.1, -0.05) is 0 Å². The van der Waals surface area contributed by atoms with Crippen molar-refractivity contribution in [2.45, 2.75) is 18.9 Å². The minimum absolute atomic E-state index is 0.332. The van der Waals surface area contributed by atoms with Crippen LogP contribution >= 0.6 is 0 Å². The Morgan fingerprint density at radius 2 is 2.50 bits per heavy atom. The molecule has 0 spiro atoms. The summed E-state index contributed by atoms with van der Waals surface area (Å²) < 4.78 is 4.99. The van der Waals surface area contributed by atoms with Crippen LogP contribution in [-0.2, 0) is 0 Å². The fourth-order valence-electron chi connectivity index (χ4n) is 1.62. The van der Waals surface area contributed by atoms with Crippen molar-refractivity contribution < 1.29 is 4.42 Å². The molecule has 0 bridgehead atoms. The van der Waals surface area contributed by atoms with E-state index >= 15 is 0 Å². The third kappa shape index (κ3) is 1.10. The Hall–Kier alpha value is -1.27. The smallest absolute Gasteiger partial charge is 0.108 e. The molecule has 1 N–H and O–H groups in total. The number of furan rings is 1. The number of hydrogen-bond acceptors (Lipinski definition) is 3. The molecule has 0 unspecified atom stereocenters. The van der Waals surface area contributed by atoms with Crippen molar-refractivity contribution >= 4 is 0 Å². The molecule has 0 saturated carbocycles. The van der Waals surface area contributed by atoms with Gasteiger partial charge < -0.3 is 9.73 Å². The van der Waals surface area contributed by atoms with Crippen LogP contribution in [0.3, 0.4) is 0 Å². The van der Waals surface area contributed by atoms with Crippen LogP contribution in [0.2, 0.25) is 0 Å². The van der Waals surface area contributed by atoms with Crippen molar-refractivity contribution in [1.29, 1.82) is 5.26 Å². The molecule has 0 radical (unpaired) electrons. The molecule has 1 aromatic heterocycles. The Labute approximate surface area is 71.0 Å². The van der Waals surface area contributed by atoms with Crippen LogP contribution < -0.4 is 5.32 Å². The van der Waals surface area contributed by atoms with Gasteiger partial charge in [0.2, 0.25) is 0 Å². The van der Waals surface area contributed by atoms with Crippen LogP contribution in [0.4, 0.5) is 0 Å². The molecule has 2 heterocycles. The zero-order valence-electron chi connectivity index (χ0n) is 6.71. The highest BCUT2D eigenvalue weighted by atomic mass is 16.3. The molecule has 1 aromatic rings. The first-order valence-electron chi connectivity index (χ1n) is 4.11. The summed E-state index contributed by atoms with van der Waals surface area (Å²) in [5, 5.41) is 12.1. The molecular weight excluding hydrogens is 152 g/mol. The van der Waals surface area contributed by atoms with Crippen LogP contribution in [0.5, 0.6) is 0 Å². The first kappa shape index (κ1) is 7.38. The second kappa shape index (κ2) is 3.00. The zero-order valence-corrected chi connectivity index (χ0v) is 6.71. The molecule has 0 aliphatic carbocycles. The van der Waals surface area contributed by atoms with E-state index in [2.05, 4.69) is 11.4 Å². The molecule has 1 saturated heterocycles. The zero-order chi connectivity index (χ0) is 8.39. The molecule has 62 valence electrons. The molecule has 1 aliphatic rings. The molecule has 1 atom stereocenters. The molecule has 1 aliphatic heterocycles. The number of nitrogens with one attached hydrogen (secondary N) is 1. The second-order valence-electron chi connectivity index (χ2n) is 3.00. The monoisotopic (exact) mass is 162 g/mol. The maximum atomic E-state index is 8.73. The second-order valence-corrected chi connectivity index (χ2v) is 3.00. The van der Waals surface area contributed by atoms with Gasteiger partial charge in [-0.25, -0.2) is 0 Å². The quantitative estimate of drug-likeness (QED) is 0.682. The van der Waals surface area contributed by atoms with Gasteiger partial charge in [0.15, 0.2) is 0 Å². The lowest BCUT2D eigenvalue weighted by molar-refractivity contribution is 0.552. The maximum absolute atomic E-state index is 8.73. The van der Waals surface area contributed by atoms with Crippen molar-refractivity contribution in [3.63, 3.8) is 0 Å². The predicted molar refractivity (Wildman–Crippen MR) is 43.4 cm³/mol. The van der Waals surface area contributed by atoms with Crippen molar-refractivity contribution in [3.8, 4) is 6.07 Å². The highest BCUT2D eigenvalue weighted by Crippen LogP contribution is 2.26. The van der Waals surface area contributed by atoms with Gasteiger partial charge >= 0.3 is 0 Å². The Bertz CT molecular complexity index is 305.